The van der Waals surface area contributed by atoms with Gasteiger partial charge in [0.15, 0.2) is 0 Å². The summed E-state index contributed by atoms with van der Waals surface area (Å²) in [6.07, 6.45) is 4.18. The second kappa shape index (κ2) is 8.47. The molecular formula is C19H27N3O3. The number of aromatic nitrogens is 1. The molecule has 136 valence electrons. The molecule has 0 bridgehead atoms. The number of hydrogen-bond donors (Lipinski definition) is 5. The highest BCUT2D eigenvalue weighted by Crippen LogP contribution is 2.28. The van der Waals surface area contributed by atoms with Crippen LogP contribution in [0, 0.1) is 5.92 Å². The van der Waals surface area contributed by atoms with Crippen molar-refractivity contribution in [2.45, 2.75) is 31.8 Å². The molecule has 0 amide bonds. The Morgan fingerprint density at radius 3 is 2.80 bits per heavy atom. The van der Waals surface area contributed by atoms with E-state index in [1.807, 2.05) is 0 Å². The number of piperidine rings is 1. The SMILES string of the molecule is O=c1ccc2c([C@@H](O)CNCCCC3CCNCC3)ccc(O)c2[nH]1. The summed E-state index contributed by atoms with van der Waals surface area (Å²) in [6, 6.07) is 6.26. The van der Waals surface area contributed by atoms with Crippen LogP contribution < -0.4 is 16.2 Å². The summed E-state index contributed by atoms with van der Waals surface area (Å²) in [6.45, 7) is 3.60. The van der Waals surface area contributed by atoms with Gasteiger partial charge in [0.1, 0.15) is 5.75 Å². The van der Waals surface area contributed by atoms with E-state index >= 15 is 0 Å². The van der Waals surface area contributed by atoms with Crippen LogP contribution >= 0.6 is 0 Å². The van der Waals surface area contributed by atoms with Crippen molar-refractivity contribution in [1.82, 2.24) is 15.6 Å². The van der Waals surface area contributed by atoms with Gasteiger partial charge in [-0.05, 0) is 68.9 Å². The lowest BCUT2D eigenvalue weighted by molar-refractivity contribution is 0.176. The van der Waals surface area contributed by atoms with Gasteiger partial charge in [-0.3, -0.25) is 4.79 Å². The minimum atomic E-state index is -0.687. The molecule has 5 N–H and O–H groups in total. The van der Waals surface area contributed by atoms with Crippen LogP contribution in [-0.4, -0.2) is 41.4 Å². The maximum atomic E-state index is 11.4. The Morgan fingerprint density at radius 2 is 2.00 bits per heavy atom. The molecule has 6 heteroatoms. The van der Waals surface area contributed by atoms with E-state index in [-0.39, 0.29) is 11.3 Å². The van der Waals surface area contributed by atoms with Crippen LogP contribution in [0.4, 0.5) is 0 Å². The summed E-state index contributed by atoms with van der Waals surface area (Å²) in [5.74, 6) is 0.837. The molecule has 25 heavy (non-hydrogen) atoms. The summed E-state index contributed by atoms with van der Waals surface area (Å²) < 4.78 is 0. The third-order valence-corrected chi connectivity index (χ3v) is 5.03. The normalized spacial score (nSPS) is 17.0. The number of H-pyrrole nitrogens is 1. The Hall–Kier alpha value is -1.89. The van der Waals surface area contributed by atoms with E-state index in [1.165, 1.54) is 31.4 Å². The molecular weight excluding hydrogens is 318 g/mol. The van der Waals surface area contributed by atoms with Gasteiger partial charge in [0, 0.05) is 18.0 Å². The molecule has 0 spiro atoms. The number of fused-ring (bicyclic) bond motifs is 1. The molecule has 0 radical (unpaired) electrons. The van der Waals surface area contributed by atoms with Gasteiger partial charge in [-0.1, -0.05) is 6.07 Å². The monoisotopic (exact) mass is 345 g/mol. The van der Waals surface area contributed by atoms with Crippen molar-refractivity contribution in [2.24, 2.45) is 5.92 Å². The van der Waals surface area contributed by atoms with E-state index in [0.29, 0.717) is 23.0 Å². The molecule has 3 rings (SSSR count). The summed E-state index contributed by atoms with van der Waals surface area (Å²) in [5, 5.41) is 27.7. The highest BCUT2D eigenvalue weighted by Gasteiger charge is 2.14. The Bertz CT molecular complexity index is 753. The van der Waals surface area contributed by atoms with Crippen LogP contribution in [0.15, 0.2) is 29.1 Å². The first kappa shape index (κ1) is 17.9. The van der Waals surface area contributed by atoms with Gasteiger partial charge in [-0.15, -0.1) is 0 Å². The molecule has 1 aliphatic heterocycles. The van der Waals surface area contributed by atoms with Crippen LogP contribution in [0.5, 0.6) is 5.75 Å². The van der Waals surface area contributed by atoms with Gasteiger partial charge < -0.3 is 25.8 Å². The van der Waals surface area contributed by atoms with Crippen molar-refractivity contribution in [2.75, 3.05) is 26.2 Å². The van der Waals surface area contributed by atoms with E-state index in [0.717, 1.165) is 32.0 Å². The minimum Gasteiger partial charge on any atom is -0.506 e. The zero-order valence-corrected chi connectivity index (χ0v) is 14.4. The molecule has 1 saturated heterocycles. The Morgan fingerprint density at radius 1 is 1.20 bits per heavy atom. The second-order valence-corrected chi connectivity index (χ2v) is 6.84. The minimum absolute atomic E-state index is 0.0126. The molecule has 2 aromatic rings. The molecule has 6 nitrogen and oxygen atoms in total. The first-order valence-corrected chi connectivity index (χ1v) is 9.09. The molecule has 0 unspecified atom stereocenters. The summed E-state index contributed by atoms with van der Waals surface area (Å²) in [7, 11) is 0. The molecule has 1 aromatic heterocycles. The maximum Gasteiger partial charge on any atom is 0.248 e. The lowest BCUT2D eigenvalue weighted by Crippen LogP contribution is -2.28. The fourth-order valence-electron chi connectivity index (χ4n) is 3.58. The van der Waals surface area contributed by atoms with E-state index in [1.54, 1.807) is 12.1 Å². The Balaban J connectivity index is 1.53. The summed E-state index contributed by atoms with van der Waals surface area (Å²) in [4.78, 5) is 14.1. The van der Waals surface area contributed by atoms with Gasteiger partial charge >= 0.3 is 0 Å². The number of rotatable bonds is 7. The van der Waals surface area contributed by atoms with Crippen molar-refractivity contribution in [1.29, 1.82) is 0 Å². The van der Waals surface area contributed by atoms with Crippen LogP contribution in [0.25, 0.3) is 10.9 Å². The number of aromatic amines is 1. The Labute approximate surface area is 147 Å². The molecule has 2 heterocycles. The molecule has 0 aliphatic carbocycles. The number of phenols is 1. The standard InChI is InChI=1S/C19H27N3O3/c23-16-5-3-14(15-4-6-18(25)22-19(15)16)17(24)12-21-9-1-2-13-7-10-20-11-8-13/h3-6,13,17,20-21,23-24H,1-2,7-12H2,(H,22,25)/t17-/m0/s1. The van der Waals surface area contributed by atoms with Gasteiger partial charge in [0.05, 0.1) is 11.6 Å². The number of pyridine rings is 1. The number of nitrogens with one attached hydrogen (secondary N) is 3. The highest BCUT2D eigenvalue weighted by atomic mass is 16.3. The van der Waals surface area contributed by atoms with Crippen molar-refractivity contribution in [3.8, 4) is 5.75 Å². The van der Waals surface area contributed by atoms with E-state index in [2.05, 4.69) is 15.6 Å². The number of aliphatic hydroxyl groups excluding tert-OH is 1. The van der Waals surface area contributed by atoms with E-state index in [9.17, 15) is 15.0 Å². The maximum absolute atomic E-state index is 11.4. The predicted octanol–water partition coefficient (Wildman–Crippen LogP) is 1.64. The second-order valence-electron chi connectivity index (χ2n) is 6.84. The van der Waals surface area contributed by atoms with Crippen LogP contribution in [-0.2, 0) is 0 Å². The third kappa shape index (κ3) is 4.60. The lowest BCUT2D eigenvalue weighted by atomic mass is 9.93. The van der Waals surface area contributed by atoms with Gasteiger partial charge in [0.2, 0.25) is 5.56 Å². The van der Waals surface area contributed by atoms with Gasteiger partial charge in [-0.25, -0.2) is 0 Å². The van der Waals surface area contributed by atoms with Crippen molar-refractivity contribution >= 4 is 10.9 Å². The number of hydrogen-bond acceptors (Lipinski definition) is 5. The molecule has 1 atom stereocenters. The quantitative estimate of drug-likeness (QED) is 0.492. The van der Waals surface area contributed by atoms with Gasteiger partial charge in [-0.2, -0.15) is 0 Å². The third-order valence-electron chi connectivity index (χ3n) is 5.03. The van der Waals surface area contributed by atoms with Crippen molar-refractivity contribution in [3.05, 3.63) is 40.2 Å². The van der Waals surface area contributed by atoms with Crippen LogP contribution in [0.1, 0.15) is 37.4 Å². The fraction of sp³-hybridized carbons (Fsp3) is 0.526. The van der Waals surface area contributed by atoms with Crippen LogP contribution in [0.2, 0.25) is 0 Å². The smallest absolute Gasteiger partial charge is 0.248 e. The Kier molecular flexibility index (Phi) is 6.07. The number of phenolic OH excluding ortho intramolecular Hbond substituents is 1. The highest BCUT2D eigenvalue weighted by molar-refractivity contribution is 5.87. The molecule has 0 saturated carbocycles. The molecule has 1 aromatic carbocycles. The summed E-state index contributed by atoms with van der Waals surface area (Å²) >= 11 is 0. The topological polar surface area (TPSA) is 97.4 Å². The summed E-state index contributed by atoms with van der Waals surface area (Å²) in [5.41, 5.74) is 0.801. The van der Waals surface area contributed by atoms with Gasteiger partial charge in [0.25, 0.3) is 0 Å². The van der Waals surface area contributed by atoms with Crippen molar-refractivity contribution < 1.29 is 10.2 Å². The molecule has 1 fully saturated rings. The first-order valence-electron chi connectivity index (χ1n) is 9.09. The van der Waals surface area contributed by atoms with E-state index < -0.39 is 6.10 Å². The van der Waals surface area contributed by atoms with Crippen molar-refractivity contribution in [3.63, 3.8) is 0 Å². The lowest BCUT2D eigenvalue weighted by Gasteiger charge is -2.22. The van der Waals surface area contributed by atoms with E-state index in [4.69, 9.17) is 0 Å². The number of benzene rings is 1. The average molecular weight is 345 g/mol. The first-order chi connectivity index (χ1) is 12.1. The predicted molar refractivity (Wildman–Crippen MR) is 98.9 cm³/mol. The van der Waals surface area contributed by atoms with Crippen LogP contribution in [0.3, 0.4) is 0 Å². The number of aliphatic hydroxyl groups is 1. The molecule has 1 aliphatic rings. The largest absolute Gasteiger partial charge is 0.506 e. The number of aromatic hydroxyl groups is 1. The zero-order valence-electron chi connectivity index (χ0n) is 14.4. The fourth-order valence-corrected chi connectivity index (χ4v) is 3.58. The zero-order chi connectivity index (χ0) is 17.6. The average Bonchev–Trinajstić information content (AvgIpc) is 2.63.